The van der Waals surface area contributed by atoms with Gasteiger partial charge in [0, 0.05) is 18.3 Å². The fourth-order valence-electron chi connectivity index (χ4n) is 1.85. The second-order valence-corrected chi connectivity index (χ2v) is 4.55. The van der Waals surface area contributed by atoms with Gasteiger partial charge < -0.3 is 10.2 Å². The lowest BCUT2D eigenvalue weighted by Crippen LogP contribution is -2.19. The molecule has 0 amide bonds. The molecule has 1 N–H and O–H groups in total. The Kier molecular flexibility index (Phi) is 5.33. The molecule has 0 atom stereocenters. The average molecular weight is 220 g/mol. The fraction of sp³-hybridized carbons (Fsp3) is 0.571. The van der Waals surface area contributed by atoms with Crippen LogP contribution in [0.15, 0.2) is 24.3 Å². The quantitative estimate of drug-likeness (QED) is 0.791. The van der Waals surface area contributed by atoms with Crippen LogP contribution in [0.1, 0.15) is 32.3 Å². The summed E-state index contributed by atoms with van der Waals surface area (Å²) >= 11 is 0. The largest absolute Gasteiger partial charge is 0.382 e. The van der Waals surface area contributed by atoms with Gasteiger partial charge in [0.15, 0.2) is 0 Å². The van der Waals surface area contributed by atoms with Gasteiger partial charge in [-0.15, -0.1) is 0 Å². The zero-order chi connectivity index (χ0) is 12.0. The molecule has 0 unspecified atom stereocenters. The predicted molar refractivity (Wildman–Crippen MR) is 71.8 cm³/mol. The van der Waals surface area contributed by atoms with Crippen molar-refractivity contribution < 1.29 is 0 Å². The minimum Gasteiger partial charge on any atom is -0.382 e. The molecular weight excluding hydrogens is 196 g/mol. The van der Waals surface area contributed by atoms with E-state index < -0.39 is 0 Å². The van der Waals surface area contributed by atoms with Crippen LogP contribution < -0.4 is 5.32 Å². The number of nitrogens with zero attached hydrogens (tertiary/aromatic N) is 1. The summed E-state index contributed by atoms with van der Waals surface area (Å²) < 4.78 is 0. The molecule has 0 aromatic heterocycles. The summed E-state index contributed by atoms with van der Waals surface area (Å²) in [7, 11) is 4.21. The van der Waals surface area contributed by atoms with E-state index in [9.17, 15) is 0 Å². The number of hydrogen-bond donors (Lipinski definition) is 1. The Hall–Kier alpha value is -1.02. The molecule has 16 heavy (non-hydrogen) atoms. The maximum atomic E-state index is 3.63. The van der Waals surface area contributed by atoms with Crippen molar-refractivity contribution in [3.05, 3.63) is 29.8 Å². The van der Waals surface area contributed by atoms with Crippen molar-refractivity contribution >= 4 is 5.69 Å². The molecule has 0 aliphatic carbocycles. The topological polar surface area (TPSA) is 15.3 Å². The molecule has 0 fully saturated rings. The summed E-state index contributed by atoms with van der Waals surface area (Å²) in [5.74, 6) is 0. The van der Waals surface area contributed by atoms with Gasteiger partial charge in [0.2, 0.25) is 0 Å². The summed E-state index contributed by atoms with van der Waals surface area (Å²) in [6.45, 7) is 5.45. The highest BCUT2D eigenvalue weighted by Crippen LogP contribution is 2.18. The SMILES string of the molecule is CCC(CC)Nc1ccccc1CN(C)C. The Bertz CT molecular complexity index is 303. The summed E-state index contributed by atoms with van der Waals surface area (Å²) in [6.07, 6.45) is 2.35. The van der Waals surface area contributed by atoms with E-state index in [1.165, 1.54) is 24.1 Å². The Morgan fingerprint density at radius 3 is 2.31 bits per heavy atom. The van der Waals surface area contributed by atoms with Crippen LogP contribution in [0, 0.1) is 0 Å². The van der Waals surface area contributed by atoms with E-state index in [0.717, 1.165) is 6.54 Å². The van der Waals surface area contributed by atoms with Crippen LogP contribution in [0.3, 0.4) is 0 Å². The van der Waals surface area contributed by atoms with Gasteiger partial charge in [-0.1, -0.05) is 32.0 Å². The molecule has 90 valence electrons. The van der Waals surface area contributed by atoms with Crippen molar-refractivity contribution in [2.45, 2.75) is 39.3 Å². The van der Waals surface area contributed by atoms with Gasteiger partial charge in [-0.2, -0.15) is 0 Å². The molecule has 0 radical (unpaired) electrons. The lowest BCUT2D eigenvalue weighted by molar-refractivity contribution is 0.403. The standard InChI is InChI=1S/C14H24N2/c1-5-13(6-2)15-14-10-8-7-9-12(14)11-16(3)4/h7-10,13,15H,5-6,11H2,1-4H3. The molecule has 0 bridgehead atoms. The number of rotatable bonds is 6. The van der Waals surface area contributed by atoms with Crippen LogP contribution in [-0.4, -0.2) is 25.0 Å². The minimum absolute atomic E-state index is 0.586. The molecule has 0 aliphatic rings. The molecule has 2 nitrogen and oxygen atoms in total. The van der Waals surface area contributed by atoms with Gasteiger partial charge in [0.25, 0.3) is 0 Å². The zero-order valence-corrected chi connectivity index (χ0v) is 11.0. The lowest BCUT2D eigenvalue weighted by atomic mass is 10.1. The van der Waals surface area contributed by atoms with Gasteiger partial charge in [0.05, 0.1) is 0 Å². The van der Waals surface area contributed by atoms with Gasteiger partial charge >= 0.3 is 0 Å². The van der Waals surface area contributed by atoms with E-state index in [1.54, 1.807) is 0 Å². The number of hydrogen-bond acceptors (Lipinski definition) is 2. The van der Waals surface area contributed by atoms with Crippen molar-refractivity contribution in [3.63, 3.8) is 0 Å². The Morgan fingerprint density at radius 2 is 1.75 bits per heavy atom. The third kappa shape index (κ3) is 3.86. The smallest absolute Gasteiger partial charge is 0.0388 e. The normalized spacial score (nSPS) is 11.1. The molecule has 0 saturated carbocycles. The number of para-hydroxylation sites is 1. The van der Waals surface area contributed by atoms with E-state index in [4.69, 9.17) is 0 Å². The highest BCUT2D eigenvalue weighted by Gasteiger charge is 2.07. The lowest BCUT2D eigenvalue weighted by Gasteiger charge is -2.20. The van der Waals surface area contributed by atoms with E-state index >= 15 is 0 Å². The molecule has 2 heteroatoms. The summed E-state index contributed by atoms with van der Waals surface area (Å²) in [6, 6.07) is 9.17. The van der Waals surface area contributed by atoms with Gasteiger partial charge in [0.1, 0.15) is 0 Å². The van der Waals surface area contributed by atoms with Crippen LogP contribution in [0.4, 0.5) is 5.69 Å². The van der Waals surface area contributed by atoms with Crippen LogP contribution >= 0.6 is 0 Å². The molecule has 1 rings (SSSR count). The van der Waals surface area contributed by atoms with Crippen molar-refractivity contribution in [1.29, 1.82) is 0 Å². The Labute approximate surface area is 99.7 Å². The molecule has 0 heterocycles. The fourth-order valence-corrected chi connectivity index (χ4v) is 1.85. The first-order valence-electron chi connectivity index (χ1n) is 6.16. The van der Waals surface area contributed by atoms with Crippen molar-refractivity contribution in [2.24, 2.45) is 0 Å². The minimum atomic E-state index is 0.586. The summed E-state index contributed by atoms with van der Waals surface area (Å²) in [4.78, 5) is 2.20. The third-order valence-corrected chi connectivity index (χ3v) is 2.85. The van der Waals surface area contributed by atoms with Crippen molar-refractivity contribution in [3.8, 4) is 0 Å². The Balaban J connectivity index is 2.77. The number of nitrogens with one attached hydrogen (secondary N) is 1. The van der Waals surface area contributed by atoms with Gasteiger partial charge in [-0.05, 0) is 38.6 Å². The number of benzene rings is 1. The van der Waals surface area contributed by atoms with Crippen molar-refractivity contribution in [1.82, 2.24) is 4.90 Å². The van der Waals surface area contributed by atoms with Crippen LogP contribution in [0.5, 0.6) is 0 Å². The maximum absolute atomic E-state index is 3.63. The highest BCUT2D eigenvalue weighted by molar-refractivity contribution is 5.51. The maximum Gasteiger partial charge on any atom is 0.0388 e. The summed E-state index contributed by atoms with van der Waals surface area (Å²) in [5, 5.41) is 3.63. The van der Waals surface area contributed by atoms with Gasteiger partial charge in [-0.3, -0.25) is 0 Å². The zero-order valence-electron chi connectivity index (χ0n) is 11.0. The van der Waals surface area contributed by atoms with Crippen LogP contribution in [0.2, 0.25) is 0 Å². The van der Waals surface area contributed by atoms with E-state index in [1.807, 2.05) is 0 Å². The second-order valence-electron chi connectivity index (χ2n) is 4.55. The monoisotopic (exact) mass is 220 g/mol. The molecule has 0 saturated heterocycles. The van der Waals surface area contributed by atoms with Crippen LogP contribution in [-0.2, 0) is 6.54 Å². The highest BCUT2D eigenvalue weighted by atomic mass is 15.1. The predicted octanol–water partition coefficient (Wildman–Crippen LogP) is 3.35. The first kappa shape index (κ1) is 13.0. The van der Waals surface area contributed by atoms with Crippen LogP contribution in [0.25, 0.3) is 0 Å². The van der Waals surface area contributed by atoms with E-state index in [2.05, 4.69) is 62.4 Å². The molecule has 0 spiro atoms. The second kappa shape index (κ2) is 6.54. The van der Waals surface area contributed by atoms with Gasteiger partial charge in [-0.25, -0.2) is 0 Å². The van der Waals surface area contributed by atoms with E-state index in [0.29, 0.717) is 6.04 Å². The first-order chi connectivity index (χ1) is 7.67. The Morgan fingerprint density at radius 1 is 1.12 bits per heavy atom. The molecule has 1 aromatic carbocycles. The average Bonchev–Trinajstić information content (AvgIpc) is 2.27. The molecule has 1 aromatic rings. The molecular formula is C14H24N2. The summed E-state index contributed by atoms with van der Waals surface area (Å²) in [5.41, 5.74) is 2.66. The number of anilines is 1. The third-order valence-electron chi connectivity index (χ3n) is 2.85. The first-order valence-corrected chi connectivity index (χ1v) is 6.16. The molecule has 0 aliphatic heterocycles. The van der Waals surface area contributed by atoms with E-state index in [-0.39, 0.29) is 0 Å². The van der Waals surface area contributed by atoms with Crippen molar-refractivity contribution in [2.75, 3.05) is 19.4 Å².